The van der Waals surface area contributed by atoms with Crippen LogP contribution >= 0.6 is 0 Å². The molecule has 0 aliphatic rings. The van der Waals surface area contributed by atoms with E-state index in [-0.39, 0.29) is 5.41 Å². The van der Waals surface area contributed by atoms with E-state index < -0.39 is 0 Å². The highest BCUT2D eigenvalue weighted by Crippen LogP contribution is 2.34. The van der Waals surface area contributed by atoms with Gasteiger partial charge in [0, 0.05) is 0 Å². The van der Waals surface area contributed by atoms with E-state index in [4.69, 9.17) is 9.15 Å². The molecule has 17 heavy (non-hydrogen) atoms. The molecule has 0 unspecified atom stereocenters. The van der Waals surface area contributed by atoms with Crippen molar-refractivity contribution in [3.05, 3.63) is 36.4 Å². The van der Waals surface area contributed by atoms with Gasteiger partial charge < -0.3 is 9.15 Å². The van der Waals surface area contributed by atoms with Crippen molar-refractivity contribution in [2.45, 2.75) is 26.2 Å². The molecule has 1 aromatic carbocycles. The molecule has 0 amide bonds. The summed E-state index contributed by atoms with van der Waals surface area (Å²) in [5, 5.41) is 0. The zero-order chi connectivity index (χ0) is 12.5. The van der Waals surface area contributed by atoms with Gasteiger partial charge in [0.15, 0.2) is 12.2 Å². The lowest BCUT2D eigenvalue weighted by Gasteiger charge is -2.20. The zero-order valence-electron chi connectivity index (χ0n) is 10.7. The molecular formula is C14H17NO2. The number of hydrogen-bond donors (Lipinski definition) is 0. The van der Waals surface area contributed by atoms with E-state index in [0.29, 0.717) is 0 Å². The average Bonchev–Trinajstić information content (AvgIpc) is 2.80. The third-order valence-corrected chi connectivity index (χ3v) is 2.77. The Morgan fingerprint density at radius 3 is 2.53 bits per heavy atom. The van der Waals surface area contributed by atoms with Crippen molar-refractivity contribution < 1.29 is 9.15 Å². The minimum Gasteiger partial charge on any atom is -0.496 e. The van der Waals surface area contributed by atoms with Crippen molar-refractivity contribution in [2.75, 3.05) is 7.11 Å². The van der Waals surface area contributed by atoms with Crippen molar-refractivity contribution in [3.8, 4) is 17.1 Å². The summed E-state index contributed by atoms with van der Waals surface area (Å²) in [6, 6.07) is 6.16. The Labute approximate surface area is 101 Å². The topological polar surface area (TPSA) is 35.3 Å². The van der Waals surface area contributed by atoms with Gasteiger partial charge in [-0.2, -0.15) is 0 Å². The molecule has 2 aromatic rings. The van der Waals surface area contributed by atoms with Crippen molar-refractivity contribution in [1.82, 2.24) is 4.98 Å². The summed E-state index contributed by atoms with van der Waals surface area (Å²) in [5.41, 5.74) is 2.27. The van der Waals surface area contributed by atoms with Gasteiger partial charge >= 0.3 is 0 Å². The van der Waals surface area contributed by atoms with E-state index in [9.17, 15) is 0 Å². The van der Waals surface area contributed by atoms with E-state index >= 15 is 0 Å². The van der Waals surface area contributed by atoms with Crippen LogP contribution in [0.2, 0.25) is 0 Å². The molecule has 0 radical (unpaired) electrons. The number of aromatic nitrogens is 1. The first-order valence-electron chi connectivity index (χ1n) is 5.60. The van der Waals surface area contributed by atoms with Gasteiger partial charge in [-0.3, -0.25) is 0 Å². The Kier molecular flexibility index (Phi) is 2.92. The zero-order valence-corrected chi connectivity index (χ0v) is 10.7. The van der Waals surface area contributed by atoms with Gasteiger partial charge in [0.05, 0.1) is 18.9 Å². The number of hydrogen-bond acceptors (Lipinski definition) is 3. The van der Waals surface area contributed by atoms with Gasteiger partial charge in [-0.15, -0.1) is 0 Å². The molecule has 0 saturated carbocycles. The van der Waals surface area contributed by atoms with Crippen LogP contribution in [0, 0.1) is 0 Å². The molecular weight excluding hydrogens is 214 g/mol. The monoisotopic (exact) mass is 231 g/mol. The largest absolute Gasteiger partial charge is 0.496 e. The molecule has 0 bridgehead atoms. The molecule has 0 aliphatic heterocycles. The number of benzene rings is 1. The maximum atomic E-state index is 5.42. The van der Waals surface area contributed by atoms with E-state index in [1.54, 1.807) is 13.3 Å². The summed E-state index contributed by atoms with van der Waals surface area (Å²) >= 11 is 0. The predicted octanol–water partition coefficient (Wildman–Crippen LogP) is 3.65. The Morgan fingerprint density at radius 2 is 2.00 bits per heavy atom. The van der Waals surface area contributed by atoms with Crippen LogP contribution in [0.25, 0.3) is 11.3 Å². The Hall–Kier alpha value is -1.77. The quantitative estimate of drug-likeness (QED) is 0.791. The molecule has 1 aromatic heterocycles. The summed E-state index contributed by atoms with van der Waals surface area (Å²) in [4.78, 5) is 3.92. The lowest BCUT2D eigenvalue weighted by Crippen LogP contribution is -2.11. The second kappa shape index (κ2) is 4.24. The lowest BCUT2D eigenvalue weighted by molar-refractivity contribution is 0.412. The van der Waals surface area contributed by atoms with Crippen molar-refractivity contribution in [1.29, 1.82) is 0 Å². The first-order valence-corrected chi connectivity index (χ1v) is 5.60. The molecule has 3 heteroatoms. The maximum Gasteiger partial charge on any atom is 0.181 e. The molecule has 0 aliphatic carbocycles. The average molecular weight is 231 g/mol. The van der Waals surface area contributed by atoms with Crippen LogP contribution in [0.4, 0.5) is 0 Å². The highest BCUT2D eigenvalue weighted by atomic mass is 16.5. The van der Waals surface area contributed by atoms with E-state index in [0.717, 1.165) is 17.1 Å². The van der Waals surface area contributed by atoms with Crippen LogP contribution in [-0.4, -0.2) is 12.1 Å². The summed E-state index contributed by atoms with van der Waals surface area (Å²) in [6.45, 7) is 6.53. The van der Waals surface area contributed by atoms with Gasteiger partial charge in [0.1, 0.15) is 5.75 Å². The van der Waals surface area contributed by atoms with Gasteiger partial charge in [-0.25, -0.2) is 4.98 Å². The van der Waals surface area contributed by atoms with E-state index in [2.05, 4.69) is 37.9 Å². The molecule has 0 spiro atoms. The van der Waals surface area contributed by atoms with Crippen LogP contribution in [0.3, 0.4) is 0 Å². The van der Waals surface area contributed by atoms with Crippen LogP contribution in [0.1, 0.15) is 26.3 Å². The van der Waals surface area contributed by atoms with Crippen LogP contribution in [0.5, 0.6) is 5.75 Å². The number of methoxy groups -OCH3 is 1. The maximum absolute atomic E-state index is 5.42. The lowest BCUT2D eigenvalue weighted by atomic mass is 9.86. The van der Waals surface area contributed by atoms with E-state index in [1.807, 2.05) is 6.07 Å². The second-order valence-electron chi connectivity index (χ2n) is 5.03. The minimum absolute atomic E-state index is 0.104. The summed E-state index contributed by atoms with van der Waals surface area (Å²) in [7, 11) is 1.67. The molecule has 0 fully saturated rings. The number of ether oxygens (including phenoxy) is 1. The van der Waals surface area contributed by atoms with E-state index in [1.165, 1.54) is 12.0 Å². The fraction of sp³-hybridized carbons (Fsp3) is 0.357. The second-order valence-corrected chi connectivity index (χ2v) is 5.03. The van der Waals surface area contributed by atoms with Crippen molar-refractivity contribution in [3.63, 3.8) is 0 Å². The normalized spacial score (nSPS) is 11.5. The fourth-order valence-electron chi connectivity index (χ4n) is 1.71. The van der Waals surface area contributed by atoms with Crippen molar-refractivity contribution >= 4 is 0 Å². The Morgan fingerprint density at radius 1 is 1.24 bits per heavy atom. The van der Waals surface area contributed by atoms with Crippen LogP contribution in [0.15, 0.2) is 35.2 Å². The minimum atomic E-state index is 0.104. The smallest absolute Gasteiger partial charge is 0.181 e. The number of nitrogens with zero attached hydrogens (tertiary/aromatic N) is 1. The van der Waals surface area contributed by atoms with Gasteiger partial charge in [-0.05, 0) is 23.1 Å². The SMILES string of the molecule is COc1cc(C(C)(C)C)ccc1-c1cnco1. The molecule has 0 atom stereocenters. The van der Waals surface area contributed by atoms with Crippen LogP contribution in [-0.2, 0) is 5.41 Å². The highest BCUT2D eigenvalue weighted by Gasteiger charge is 2.17. The number of oxazole rings is 1. The number of rotatable bonds is 2. The molecule has 0 N–H and O–H groups in total. The van der Waals surface area contributed by atoms with Crippen LogP contribution < -0.4 is 4.74 Å². The van der Waals surface area contributed by atoms with Gasteiger partial charge in [0.25, 0.3) is 0 Å². The molecule has 0 saturated heterocycles. The first kappa shape index (κ1) is 11.7. The summed E-state index contributed by atoms with van der Waals surface area (Å²) < 4.78 is 10.7. The fourth-order valence-corrected chi connectivity index (χ4v) is 1.71. The molecule has 1 heterocycles. The standard InChI is InChI=1S/C14H17NO2/c1-14(2,3)10-5-6-11(12(7-10)16-4)13-8-15-9-17-13/h5-9H,1-4H3. The predicted molar refractivity (Wildman–Crippen MR) is 67.2 cm³/mol. The third kappa shape index (κ3) is 2.33. The summed E-state index contributed by atoms with van der Waals surface area (Å²) in [5.74, 6) is 1.54. The van der Waals surface area contributed by atoms with Gasteiger partial charge in [0.2, 0.25) is 0 Å². The molecule has 90 valence electrons. The molecule has 2 rings (SSSR count). The summed E-state index contributed by atoms with van der Waals surface area (Å²) in [6.07, 6.45) is 3.11. The Bertz CT molecular complexity index is 495. The molecule has 3 nitrogen and oxygen atoms in total. The van der Waals surface area contributed by atoms with Crippen molar-refractivity contribution in [2.24, 2.45) is 0 Å². The highest BCUT2D eigenvalue weighted by molar-refractivity contribution is 5.66. The first-order chi connectivity index (χ1) is 8.02. The Balaban J connectivity index is 2.50. The van der Waals surface area contributed by atoms with Gasteiger partial charge in [-0.1, -0.05) is 26.8 Å². The third-order valence-electron chi connectivity index (χ3n) is 2.77.